The summed E-state index contributed by atoms with van der Waals surface area (Å²) in [4.78, 5) is 4.33. The average molecular weight is 461 g/mol. The molecule has 0 aliphatic carbocycles. The Morgan fingerprint density at radius 2 is 1.94 bits per heavy atom. The Hall–Kier alpha value is -2.91. The Morgan fingerprint density at radius 1 is 1.10 bits per heavy atom. The van der Waals surface area contributed by atoms with Crippen LogP contribution in [0, 0.1) is 12.7 Å². The van der Waals surface area contributed by atoms with E-state index >= 15 is 0 Å². The van der Waals surface area contributed by atoms with Gasteiger partial charge in [-0.05, 0) is 49.2 Å². The minimum Gasteiger partial charge on any atom is -0.484 e. The molecule has 2 aromatic carbocycles. The van der Waals surface area contributed by atoms with E-state index in [0.717, 1.165) is 12.2 Å². The van der Waals surface area contributed by atoms with E-state index in [0.29, 0.717) is 51.1 Å². The summed E-state index contributed by atoms with van der Waals surface area (Å²) in [7, 11) is 0. The van der Waals surface area contributed by atoms with Gasteiger partial charge >= 0.3 is 0 Å². The molecular weight excluding hydrogens is 443 g/mol. The Labute approximate surface area is 187 Å². The van der Waals surface area contributed by atoms with E-state index in [-0.39, 0.29) is 12.4 Å². The number of thioether (sulfide) groups is 1. The number of benzene rings is 2. The van der Waals surface area contributed by atoms with Crippen LogP contribution in [0.2, 0.25) is 5.02 Å². The van der Waals surface area contributed by atoms with Crippen LogP contribution in [0.5, 0.6) is 5.75 Å². The number of ether oxygens (including phenoxy) is 1. The number of hydrogen-bond donors (Lipinski definition) is 0. The van der Waals surface area contributed by atoms with Crippen LogP contribution in [-0.4, -0.2) is 26.1 Å². The molecule has 0 fully saturated rings. The summed E-state index contributed by atoms with van der Waals surface area (Å²) in [6.07, 6.45) is 1.36. The molecule has 0 aliphatic rings. The summed E-state index contributed by atoms with van der Waals surface area (Å²) in [6.45, 7) is 1.89. The fourth-order valence-electron chi connectivity index (χ4n) is 2.62. The van der Waals surface area contributed by atoms with Crippen molar-refractivity contribution in [1.82, 2.24) is 20.3 Å². The second-order valence-corrected chi connectivity index (χ2v) is 8.11. The maximum atomic E-state index is 13.7. The highest BCUT2D eigenvalue weighted by Crippen LogP contribution is 2.22. The van der Waals surface area contributed by atoms with Crippen molar-refractivity contribution in [3.8, 4) is 17.1 Å². The maximum absolute atomic E-state index is 13.7. The third kappa shape index (κ3) is 5.83. The zero-order valence-corrected chi connectivity index (χ0v) is 18.1. The lowest BCUT2D eigenvalue weighted by molar-refractivity contribution is 0.252. The molecule has 4 rings (SSSR count). The zero-order valence-electron chi connectivity index (χ0n) is 16.5. The monoisotopic (exact) mass is 460 g/mol. The average Bonchev–Trinajstić information content (AvgIpc) is 3.42. The molecule has 0 atom stereocenters. The first kappa shape index (κ1) is 21.3. The van der Waals surface area contributed by atoms with Crippen LogP contribution in [0.15, 0.2) is 56.6 Å². The van der Waals surface area contributed by atoms with Crippen LogP contribution in [-0.2, 0) is 13.0 Å². The van der Waals surface area contributed by atoms with Gasteiger partial charge in [-0.25, -0.2) is 4.39 Å². The third-order valence-electron chi connectivity index (χ3n) is 4.28. The summed E-state index contributed by atoms with van der Waals surface area (Å²) in [6, 6.07) is 11.9. The van der Waals surface area contributed by atoms with Crippen molar-refractivity contribution in [2.75, 3.05) is 5.75 Å². The molecule has 7 nitrogen and oxygen atoms in total. The molecule has 2 aromatic heterocycles. The molecule has 2 heterocycles. The van der Waals surface area contributed by atoms with E-state index in [1.54, 1.807) is 43.3 Å². The quantitative estimate of drug-likeness (QED) is 0.238. The van der Waals surface area contributed by atoms with Crippen molar-refractivity contribution in [3.05, 3.63) is 70.6 Å². The molecular formula is C21H18ClFN4O3S. The molecule has 0 radical (unpaired) electrons. The molecule has 0 aliphatic heterocycles. The minimum atomic E-state index is -0.294. The van der Waals surface area contributed by atoms with Crippen molar-refractivity contribution in [3.63, 3.8) is 0 Å². The number of aryl methyl sites for hydroxylation is 2. The molecule has 0 spiro atoms. The summed E-state index contributed by atoms with van der Waals surface area (Å²) < 4.78 is 30.1. The highest BCUT2D eigenvalue weighted by molar-refractivity contribution is 7.99. The van der Waals surface area contributed by atoms with Gasteiger partial charge in [0.1, 0.15) is 11.6 Å². The van der Waals surface area contributed by atoms with Gasteiger partial charge < -0.3 is 13.7 Å². The predicted molar refractivity (Wildman–Crippen MR) is 114 cm³/mol. The fourth-order valence-corrected chi connectivity index (χ4v) is 3.46. The lowest BCUT2D eigenvalue weighted by Gasteiger charge is -2.02. The molecule has 4 aromatic rings. The van der Waals surface area contributed by atoms with Gasteiger partial charge in [0.05, 0.1) is 0 Å². The normalized spacial score (nSPS) is 11.1. The molecule has 0 saturated heterocycles. The first-order chi connectivity index (χ1) is 15.1. The van der Waals surface area contributed by atoms with Crippen LogP contribution in [0.1, 0.15) is 23.8 Å². The van der Waals surface area contributed by atoms with Gasteiger partial charge in [0, 0.05) is 22.8 Å². The van der Waals surface area contributed by atoms with Crippen LogP contribution in [0.4, 0.5) is 4.39 Å². The Morgan fingerprint density at radius 3 is 2.74 bits per heavy atom. The van der Waals surface area contributed by atoms with Crippen molar-refractivity contribution in [1.29, 1.82) is 0 Å². The van der Waals surface area contributed by atoms with E-state index in [1.165, 1.54) is 17.8 Å². The predicted octanol–water partition coefficient (Wildman–Crippen LogP) is 5.52. The molecule has 0 unspecified atom stereocenters. The zero-order chi connectivity index (χ0) is 21.6. The first-order valence-corrected chi connectivity index (χ1v) is 10.9. The molecule has 0 saturated carbocycles. The van der Waals surface area contributed by atoms with Crippen molar-refractivity contribution in [2.45, 2.75) is 31.6 Å². The smallest absolute Gasteiger partial charge is 0.276 e. The maximum Gasteiger partial charge on any atom is 0.276 e. The van der Waals surface area contributed by atoms with E-state index in [1.807, 2.05) is 0 Å². The van der Waals surface area contributed by atoms with Crippen LogP contribution in [0.25, 0.3) is 11.4 Å². The highest BCUT2D eigenvalue weighted by Gasteiger charge is 2.11. The number of rotatable bonds is 9. The van der Waals surface area contributed by atoms with Crippen molar-refractivity contribution >= 4 is 23.4 Å². The number of aromatic nitrogens is 4. The van der Waals surface area contributed by atoms with Gasteiger partial charge in [-0.1, -0.05) is 40.7 Å². The minimum absolute atomic E-state index is 0.180. The van der Waals surface area contributed by atoms with Crippen LogP contribution >= 0.6 is 23.4 Å². The first-order valence-electron chi connectivity index (χ1n) is 9.49. The van der Waals surface area contributed by atoms with E-state index in [4.69, 9.17) is 25.3 Å². The van der Waals surface area contributed by atoms with Crippen molar-refractivity contribution < 1.29 is 18.1 Å². The number of halogens is 2. The topological polar surface area (TPSA) is 87.1 Å². The summed E-state index contributed by atoms with van der Waals surface area (Å²) >= 11 is 7.28. The Balaban J connectivity index is 1.21. The molecule has 0 N–H and O–H groups in total. The highest BCUT2D eigenvalue weighted by atomic mass is 35.5. The van der Waals surface area contributed by atoms with Gasteiger partial charge in [0.2, 0.25) is 11.7 Å². The molecule has 0 amide bonds. The second kappa shape index (κ2) is 9.93. The lowest BCUT2D eigenvalue weighted by atomic mass is 10.1. The third-order valence-corrected chi connectivity index (χ3v) is 5.44. The number of hydrogen-bond acceptors (Lipinski definition) is 8. The van der Waals surface area contributed by atoms with Gasteiger partial charge in [-0.3, -0.25) is 0 Å². The van der Waals surface area contributed by atoms with Gasteiger partial charge in [0.15, 0.2) is 6.61 Å². The van der Waals surface area contributed by atoms with E-state index in [2.05, 4.69) is 20.3 Å². The van der Waals surface area contributed by atoms with Gasteiger partial charge in [-0.2, -0.15) is 4.98 Å². The largest absolute Gasteiger partial charge is 0.484 e. The molecule has 31 heavy (non-hydrogen) atoms. The lowest BCUT2D eigenvalue weighted by Crippen LogP contribution is -1.95. The Bertz CT molecular complexity index is 1150. The molecule has 10 heteroatoms. The Kier molecular flexibility index (Phi) is 6.83. The van der Waals surface area contributed by atoms with E-state index in [9.17, 15) is 4.39 Å². The van der Waals surface area contributed by atoms with Crippen LogP contribution in [0.3, 0.4) is 0 Å². The van der Waals surface area contributed by atoms with Crippen LogP contribution < -0.4 is 4.74 Å². The van der Waals surface area contributed by atoms with Crippen molar-refractivity contribution in [2.24, 2.45) is 0 Å². The summed E-state index contributed by atoms with van der Waals surface area (Å²) in [5.74, 6) is 2.38. The summed E-state index contributed by atoms with van der Waals surface area (Å²) in [5, 5.41) is 13.0. The molecule has 0 bridgehead atoms. The summed E-state index contributed by atoms with van der Waals surface area (Å²) in [5.41, 5.74) is 1.16. The number of nitrogens with zero attached hydrogens (tertiary/aromatic N) is 4. The SMILES string of the molecule is Cc1ccc(-c2noc(CCCSc3nnc(COc4ccc(Cl)cc4)o3)n2)cc1F. The second-order valence-electron chi connectivity index (χ2n) is 6.63. The van der Waals surface area contributed by atoms with Gasteiger partial charge in [0.25, 0.3) is 11.1 Å². The standard InChI is InChI=1S/C21H18ClFN4O3S/c1-13-4-5-14(11-17(13)23)20-24-18(30-27-20)3-2-10-31-21-26-25-19(29-21)12-28-16-8-6-15(22)7-9-16/h4-9,11H,2-3,10,12H2,1H3. The van der Waals surface area contributed by atoms with Gasteiger partial charge in [-0.15, -0.1) is 10.2 Å². The fraction of sp³-hybridized carbons (Fsp3) is 0.238. The van der Waals surface area contributed by atoms with E-state index < -0.39 is 0 Å². The molecule has 160 valence electrons.